The zero-order chi connectivity index (χ0) is 11.4. The second-order valence-electron chi connectivity index (χ2n) is 4.96. The molecule has 1 aliphatic heterocycles. The van der Waals surface area contributed by atoms with Crippen molar-refractivity contribution < 1.29 is 0 Å². The molecule has 0 aliphatic carbocycles. The average molecular weight is 215 g/mol. The molecule has 1 nitrogen and oxygen atoms in total. The Kier molecular flexibility index (Phi) is 3.45. The van der Waals surface area contributed by atoms with Gasteiger partial charge >= 0.3 is 0 Å². The summed E-state index contributed by atoms with van der Waals surface area (Å²) in [4.78, 5) is 0. The lowest BCUT2D eigenvalue weighted by atomic mass is 9.73. The van der Waals surface area contributed by atoms with Crippen molar-refractivity contribution in [3.05, 3.63) is 48.0 Å². The molecule has 0 radical (unpaired) electrons. The van der Waals surface area contributed by atoms with Gasteiger partial charge in [-0.05, 0) is 48.9 Å². The van der Waals surface area contributed by atoms with E-state index in [1.165, 1.54) is 24.0 Å². The predicted octanol–water partition coefficient (Wildman–Crippen LogP) is 3.06. The van der Waals surface area contributed by atoms with Crippen molar-refractivity contribution >= 4 is 0 Å². The number of hydrogen-bond donors (Lipinski definition) is 1. The Balaban J connectivity index is 2.33. The molecule has 1 aliphatic rings. The molecule has 0 amide bonds. The molecule has 1 heterocycles. The molecule has 0 unspecified atom stereocenters. The molecule has 16 heavy (non-hydrogen) atoms. The van der Waals surface area contributed by atoms with Crippen LogP contribution < -0.4 is 5.32 Å². The topological polar surface area (TPSA) is 12.0 Å². The zero-order valence-corrected chi connectivity index (χ0v) is 10.1. The van der Waals surface area contributed by atoms with Gasteiger partial charge in [-0.2, -0.15) is 0 Å². The largest absolute Gasteiger partial charge is 0.317 e. The standard InChI is InChI=1S/C15H21N/c1-3-6-13-7-4-5-8-14(13)15(2)9-11-16-12-10-15/h3-5,7-8,16H,1,6,9-12H2,2H3. The first-order valence-corrected chi connectivity index (χ1v) is 6.16. The molecule has 1 heteroatoms. The number of benzene rings is 1. The first kappa shape index (κ1) is 11.4. The normalized spacial score (nSPS) is 19.3. The van der Waals surface area contributed by atoms with Crippen molar-refractivity contribution in [3.63, 3.8) is 0 Å². The van der Waals surface area contributed by atoms with Crippen LogP contribution in [0.3, 0.4) is 0 Å². The first-order chi connectivity index (χ1) is 7.76. The number of nitrogens with one attached hydrogen (secondary N) is 1. The van der Waals surface area contributed by atoms with E-state index in [0.29, 0.717) is 5.41 Å². The predicted molar refractivity (Wildman–Crippen MR) is 69.8 cm³/mol. The van der Waals surface area contributed by atoms with Crippen LogP contribution in [0.15, 0.2) is 36.9 Å². The van der Waals surface area contributed by atoms with Gasteiger partial charge in [0.05, 0.1) is 0 Å². The Bertz CT molecular complexity index is 361. The highest BCUT2D eigenvalue weighted by atomic mass is 14.9. The SMILES string of the molecule is C=CCc1ccccc1C1(C)CCNCC1. The Morgan fingerprint density at radius 3 is 2.69 bits per heavy atom. The molecule has 0 atom stereocenters. The summed E-state index contributed by atoms with van der Waals surface area (Å²) in [6.45, 7) is 8.53. The van der Waals surface area contributed by atoms with Crippen molar-refractivity contribution in [3.8, 4) is 0 Å². The van der Waals surface area contributed by atoms with Gasteiger partial charge in [0.1, 0.15) is 0 Å². The van der Waals surface area contributed by atoms with Crippen LogP contribution in [0.4, 0.5) is 0 Å². The fourth-order valence-electron chi connectivity index (χ4n) is 2.69. The van der Waals surface area contributed by atoms with Crippen molar-refractivity contribution in [1.82, 2.24) is 5.32 Å². The fraction of sp³-hybridized carbons (Fsp3) is 0.467. The molecule has 0 saturated carbocycles. The number of hydrogen-bond acceptors (Lipinski definition) is 1. The number of rotatable bonds is 3. The number of allylic oxidation sites excluding steroid dienone is 1. The minimum Gasteiger partial charge on any atom is -0.317 e. The van der Waals surface area contributed by atoms with Crippen LogP contribution in [0, 0.1) is 0 Å². The molecular formula is C15H21N. The van der Waals surface area contributed by atoms with E-state index >= 15 is 0 Å². The summed E-state index contributed by atoms with van der Waals surface area (Å²) in [7, 11) is 0. The minimum absolute atomic E-state index is 0.352. The molecule has 86 valence electrons. The van der Waals surface area contributed by atoms with Crippen molar-refractivity contribution in [1.29, 1.82) is 0 Å². The second kappa shape index (κ2) is 4.84. The molecule has 0 spiro atoms. The third-order valence-electron chi connectivity index (χ3n) is 3.74. The van der Waals surface area contributed by atoms with Crippen molar-refractivity contribution in [2.75, 3.05) is 13.1 Å². The highest BCUT2D eigenvalue weighted by Crippen LogP contribution is 2.35. The molecule has 0 aromatic heterocycles. The van der Waals surface area contributed by atoms with Crippen LogP contribution >= 0.6 is 0 Å². The highest BCUT2D eigenvalue weighted by Gasteiger charge is 2.29. The Hall–Kier alpha value is -1.08. The average Bonchev–Trinajstić information content (AvgIpc) is 2.31. The summed E-state index contributed by atoms with van der Waals surface area (Å²) >= 11 is 0. The fourth-order valence-corrected chi connectivity index (χ4v) is 2.69. The van der Waals surface area contributed by atoms with E-state index in [9.17, 15) is 0 Å². The second-order valence-corrected chi connectivity index (χ2v) is 4.96. The molecule has 2 rings (SSSR count). The van der Waals surface area contributed by atoms with Crippen LogP contribution in [-0.4, -0.2) is 13.1 Å². The van der Waals surface area contributed by atoms with E-state index in [0.717, 1.165) is 19.5 Å². The molecule has 1 aromatic carbocycles. The van der Waals surface area contributed by atoms with Crippen LogP contribution in [0.25, 0.3) is 0 Å². The monoisotopic (exact) mass is 215 g/mol. The summed E-state index contributed by atoms with van der Waals surface area (Å²) in [6.07, 6.45) is 5.46. The molecule has 1 N–H and O–H groups in total. The van der Waals surface area contributed by atoms with Crippen molar-refractivity contribution in [2.45, 2.75) is 31.6 Å². The van der Waals surface area contributed by atoms with Crippen molar-refractivity contribution in [2.24, 2.45) is 0 Å². The lowest BCUT2D eigenvalue weighted by molar-refractivity contribution is 0.333. The Morgan fingerprint density at radius 1 is 1.31 bits per heavy atom. The quantitative estimate of drug-likeness (QED) is 0.764. The van der Waals surface area contributed by atoms with E-state index in [1.54, 1.807) is 0 Å². The van der Waals surface area contributed by atoms with Gasteiger partial charge in [-0.25, -0.2) is 0 Å². The van der Waals surface area contributed by atoms with E-state index < -0.39 is 0 Å². The van der Waals surface area contributed by atoms with E-state index in [4.69, 9.17) is 0 Å². The van der Waals surface area contributed by atoms with Gasteiger partial charge in [0.25, 0.3) is 0 Å². The van der Waals surface area contributed by atoms with Gasteiger partial charge in [-0.1, -0.05) is 37.3 Å². The Labute approximate surface area is 98.6 Å². The highest BCUT2D eigenvalue weighted by molar-refractivity contribution is 5.35. The van der Waals surface area contributed by atoms with Gasteiger partial charge in [-0.15, -0.1) is 6.58 Å². The molecule has 1 saturated heterocycles. The van der Waals surface area contributed by atoms with E-state index in [-0.39, 0.29) is 0 Å². The maximum absolute atomic E-state index is 3.85. The van der Waals surface area contributed by atoms with Crippen LogP contribution in [0.5, 0.6) is 0 Å². The van der Waals surface area contributed by atoms with Gasteiger partial charge in [-0.3, -0.25) is 0 Å². The molecular weight excluding hydrogens is 194 g/mol. The minimum atomic E-state index is 0.352. The summed E-state index contributed by atoms with van der Waals surface area (Å²) in [5.41, 5.74) is 3.32. The van der Waals surface area contributed by atoms with Crippen LogP contribution in [0.2, 0.25) is 0 Å². The molecule has 0 bridgehead atoms. The van der Waals surface area contributed by atoms with Gasteiger partial charge in [0.2, 0.25) is 0 Å². The Morgan fingerprint density at radius 2 is 2.00 bits per heavy atom. The summed E-state index contributed by atoms with van der Waals surface area (Å²) in [5.74, 6) is 0. The number of piperidine rings is 1. The third-order valence-corrected chi connectivity index (χ3v) is 3.74. The van der Waals surface area contributed by atoms with Gasteiger partial charge in [0, 0.05) is 0 Å². The summed E-state index contributed by atoms with van der Waals surface area (Å²) in [6, 6.07) is 8.83. The van der Waals surface area contributed by atoms with E-state index in [2.05, 4.69) is 43.1 Å². The maximum Gasteiger partial charge on any atom is -0.00405 e. The first-order valence-electron chi connectivity index (χ1n) is 6.16. The van der Waals surface area contributed by atoms with Gasteiger partial charge in [0.15, 0.2) is 0 Å². The lowest BCUT2D eigenvalue weighted by Crippen LogP contribution is -2.38. The molecule has 1 aromatic rings. The zero-order valence-electron chi connectivity index (χ0n) is 10.1. The van der Waals surface area contributed by atoms with Crippen LogP contribution in [-0.2, 0) is 11.8 Å². The summed E-state index contributed by atoms with van der Waals surface area (Å²) in [5, 5.41) is 3.44. The van der Waals surface area contributed by atoms with Gasteiger partial charge < -0.3 is 5.32 Å². The third kappa shape index (κ3) is 2.19. The molecule has 1 fully saturated rings. The smallest absolute Gasteiger partial charge is 0.00405 e. The summed E-state index contributed by atoms with van der Waals surface area (Å²) < 4.78 is 0. The lowest BCUT2D eigenvalue weighted by Gasteiger charge is -2.36. The van der Waals surface area contributed by atoms with E-state index in [1.807, 2.05) is 6.08 Å². The van der Waals surface area contributed by atoms with Crippen LogP contribution in [0.1, 0.15) is 30.9 Å². The maximum atomic E-state index is 3.85.